The fraction of sp³-hybridized carbons (Fsp3) is 0.538. The maximum atomic E-state index is 10.8. The third-order valence-electron chi connectivity index (χ3n) is 3.54. The van der Waals surface area contributed by atoms with E-state index in [-0.39, 0.29) is 11.4 Å². The third-order valence-corrected chi connectivity index (χ3v) is 3.54. The number of nitrogen functional groups attached to an aromatic ring is 1. The van der Waals surface area contributed by atoms with Gasteiger partial charge >= 0.3 is 0 Å². The Kier molecular flexibility index (Phi) is 3.41. The van der Waals surface area contributed by atoms with Gasteiger partial charge in [-0.2, -0.15) is 0 Å². The Bertz CT molecular complexity index is 474. The fourth-order valence-corrected chi connectivity index (χ4v) is 2.60. The molecule has 0 spiro atoms. The highest BCUT2D eigenvalue weighted by Gasteiger charge is 2.21. The minimum absolute atomic E-state index is 0.00121. The highest BCUT2D eigenvalue weighted by atomic mass is 16.6. The summed E-state index contributed by atoms with van der Waals surface area (Å²) in [6.45, 7) is 6.14. The van der Waals surface area contributed by atoms with Gasteiger partial charge in [0.2, 0.25) is 0 Å². The normalized spacial score (nSPS) is 19.9. The van der Waals surface area contributed by atoms with Crippen LogP contribution in [0.5, 0.6) is 0 Å². The minimum atomic E-state index is -0.426. The summed E-state index contributed by atoms with van der Waals surface area (Å²) in [5.74, 6) is 0.662. The van der Waals surface area contributed by atoms with E-state index in [0.717, 1.165) is 30.8 Å². The van der Waals surface area contributed by atoms with Gasteiger partial charge in [-0.3, -0.25) is 10.1 Å². The van der Waals surface area contributed by atoms with E-state index in [9.17, 15) is 10.1 Å². The summed E-state index contributed by atoms with van der Waals surface area (Å²) in [6.07, 6.45) is 2.41. The molecule has 0 radical (unpaired) electrons. The van der Waals surface area contributed by atoms with Crippen molar-refractivity contribution in [3.8, 4) is 0 Å². The maximum absolute atomic E-state index is 10.8. The summed E-state index contributed by atoms with van der Waals surface area (Å²) in [5, 5.41) is 10.8. The lowest BCUT2D eigenvalue weighted by Crippen LogP contribution is -2.34. The molecule has 1 aromatic carbocycles. The number of hydrogen-bond acceptors (Lipinski definition) is 4. The van der Waals surface area contributed by atoms with Crippen molar-refractivity contribution in [1.29, 1.82) is 0 Å². The molecule has 18 heavy (non-hydrogen) atoms. The second-order valence-corrected chi connectivity index (χ2v) is 5.15. The molecule has 1 saturated heterocycles. The van der Waals surface area contributed by atoms with Crippen molar-refractivity contribution in [1.82, 2.24) is 0 Å². The summed E-state index contributed by atoms with van der Waals surface area (Å²) >= 11 is 0. The molecule has 1 heterocycles. The molecule has 1 aliphatic rings. The summed E-state index contributed by atoms with van der Waals surface area (Å²) in [6, 6.07) is 3.31. The molecule has 1 aliphatic heterocycles. The molecule has 2 N–H and O–H groups in total. The van der Waals surface area contributed by atoms with Gasteiger partial charge in [-0.25, -0.2) is 0 Å². The Morgan fingerprint density at radius 1 is 1.50 bits per heavy atom. The number of nitro groups is 1. The largest absolute Gasteiger partial charge is 0.393 e. The number of hydrogen-bond donors (Lipinski definition) is 1. The lowest BCUT2D eigenvalue weighted by molar-refractivity contribution is -0.383. The first-order valence-electron chi connectivity index (χ1n) is 6.28. The first-order chi connectivity index (χ1) is 8.49. The van der Waals surface area contributed by atoms with Crippen LogP contribution in [0, 0.1) is 23.0 Å². The number of nitro benzene ring substituents is 1. The zero-order valence-corrected chi connectivity index (χ0v) is 10.8. The molecule has 0 unspecified atom stereocenters. The van der Waals surface area contributed by atoms with Gasteiger partial charge in [0.15, 0.2) is 0 Å². The topological polar surface area (TPSA) is 72.4 Å². The SMILES string of the molecule is Cc1cc([N+](=O)[O-])c(N)cc1N1CCC[C@H](C)C1. The highest BCUT2D eigenvalue weighted by Crippen LogP contribution is 2.33. The van der Waals surface area contributed by atoms with E-state index in [1.807, 2.05) is 6.92 Å². The Labute approximate surface area is 107 Å². The van der Waals surface area contributed by atoms with Crippen LogP contribution in [0.3, 0.4) is 0 Å². The van der Waals surface area contributed by atoms with Crippen molar-refractivity contribution in [3.05, 3.63) is 27.8 Å². The van der Waals surface area contributed by atoms with E-state index < -0.39 is 4.92 Å². The lowest BCUT2D eigenvalue weighted by atomic mass is 9.98. The summed E-state index contributed by atoms with van der Waals surface area (Å²) in [7, 11) is 0. The van der Waals surface area contributed by atoms with Gasteiger partial charge in [0, 0.05) is 24.8 Å². The number of rotatable bonds is 2. The number of anilines is 2. The smallest absolute Gasteiger partial charge is 0.292 e. The molecule has 0 aromatic heterocycles. The van der Waals surface area contributed by atoms with Crippen molar-refractivity contribution >= 4 is 17.1 Å². The van der Waals surface area contributed by atoms with Gasteiger partial charge in [-0.1, -0.05) is 6.92 Å². The molecule has 0 amide bonds. The number of piperidine rings is 1. The molecule has 2 rings (SSSR count). The van der Waals surface area contributed by atoms with Gasteiger partial charge in [0.25, 0.3) is 5.69 Å². The van der Waals surface area contributed by atoms with Crippen molar-refractivity contribution in [3.63, 3.8) is 0 Å². The number of nitrogens with zero attached hydrogens (tertiary/aromatic N) is 2. The zero-order chi connectivity index (χ0) is 13.3. The van der Waals surface area contributed by atoms with Crippen LogP contribution in [0.15, 0.2) is 12.1 Å². The van der Waals surface area contributed by atoms with E-state index in [1.165, 1.54) is 6.42 Å². The van der Waals surface area contributed by atoms with Crippen LogP contribution in [-0.2, 0) is 0 Å². The predicted octanol–water partition coefficient (Wildman–Crippen LogP) is 2.72. The second-order valence-electron chi connectivity index (χ2n) is 5.15. The van der Waals surface area contributed by atoms with Crippen LogP contribution >= 0.6 is 0 Å². The fourth-order valence-electron chi connectivity index (χ4n) is 2.60. The van der Waals surface area contributed by atoms with E-state index >= 15 is 0 Å². The zero-order valence-electron chi connectivity index (χ0n) is 10.8. The van der Waals surface area contributed by atoms with Gasteiger partial charge in [0.1, 0.15) is 5.69 Å². The van der Waals surface area contributed by atoms with E-state index in [4.69, 9.17) is 5.73 Å². The third kappa shape index (κ3) is 2.39. The Morgan fingerprint density at radius 3 is 2.83 bits per heavy atom. The molecule has 98 valence electrons. The number of benzene rings is 1. The monoisotopic (exact) mass is 249 g/mol. The number of nitrogens with two attached hydrogens (primary N) is 1. The van der Waals surface area contributed by atoms with Crippen molar-refractivity contribution in [2.45, 2.75) is 26.7 Å². The standard InChI is InChI=1S/C13H19N3O2/c1-9-4-3-5-15(8-9)12-7-11(14)13(16(17)18)6-10(12)2/h6-7,9H,3-5,8,14H2,1-2H3/t9-/m0/s1. The molecule has 5 nitrogen and oxygen atoms in total. The van der Waals surface area contributed by atoms with Crippen molar-refractivity contribution < 1.29 is 4.92 Å². The van der Waals surface area contributed by atoms with Gasteiger partial charge < -0.3 is 10.6 Å². The quantitative estimate of drug-likeness (QED) is 0.497. The van der Waals surface area contributed by atoms with Crippen LogP contribution in [0.2, 0.25) is 0 Å². The van der Waals surface area contributed by atoms with Crippen LogP contribution in [0.4, 0.5) is 17.1 Å². The first kappa shape index (κ1) is 12.7. The molecule has 1 aromatic rings. The molecule has 0 aliphatic carbocycles. The van der Waals surface area contributed by atoms with E-state index in [2.05, 4.69) is 11.8 Å². The average Bonchev–Trinajstić information content (AvgIpc) is 2.31. The van der Waals surface area contributed by atoms with Gasteiger partial charge in [-0.15, -0.1) is 0 Å². The molecular formula is C13H19N3O2. The van der Waals surface area contributed by atoms with Crippen molar-refractivity contribution in [2.24, 2.45) is 5.92 Å². The van der Waals surface area contributed by atoms with Crippen LogP contribution in [0.1, 0.15) is 25.3 Å². The number of aryl methyl sites for hydroxylation is 1. The maximum Gasteiger partial charge on any atom is 0.292 e. The Balaban J connectivity index is 2.34. The van der Waals surface area contributed by atoms with E-state index in [0.29, 0.717) is 5.92 Å². The molecule has 5 heteroatoms. The molecular weight excluding hydrogens is 230 g/mol. The Morgan fingerprint density at radius 2 is 2.22 bits per heavy atom. The first-order valence-corrected chi connectivity index (χ1v) is 6.28. The lowest BCUT2D eigenvalue weighted by Gasteiger charge is -2.33. The molecule has 1 fully saturated rings. The molecule has 0 bridgehead atoms. The van der Waals surface area contributed by atoms with E-state index in [1.54, 1.807) is 12.1 Å². The molecule has 0 saturated carbocycles. The van der Waals surface area contributed by atoms with Gasteiger partial charge in [0.05, 0.1) is 4.92 Å². The van der Waals surface area contributed by atoms with Crippen molar-refractivity contribution in [2.75, 3.05) is 23.7 Å². The van der Waals surface area contributed by atoms with Gasteiger partial charge in [-0.05, 0) is 37.3 Å². The average molecular weight is 249 g/mol. The summed E-state index contributed by atoms with van der Waals surface area (Å²) < 4.78 is 0. The van der Waals surface area contributed by atoms with Crippen LogP contribution < -0.4 is 10.6 Å². The predicted molar refractivity (Wildman–Crippen MR) is 72.9 cm³/mol. The molecule has 1 atom stereocenters. The minimum Gasteiger partial charge on any atom is -0.393 e. The van der Waals surface area contributed by atoms with Crippen LogP contribution in [-0.4, -0.2) is 18.0 Å². The highest BCUT2D eigenvalue weighted by molar-refractivity contribution is 5.70. The Hall–Kier alpha value is -1.78. The van der Waals surface area contributed by atoms with Crippen LogP contribution in [0.25, 0.3) is 0 Å². The second kappa shape index (κ2) is 4.84. The summed E-state index contributed by atoms with van der Waals surface area (Å²) in [4.78, 5) is 12.7. The summed E-state index contributed by atoms with van der Waals surface area (Å²) in [5.41, 5.74) is 7.97.